The number of piperidine rings is 1. The molecular weight excluding hydrogens is 546 g/mol. The van der Waals surface area contributed by atoms with E-state index in [-0.39, 0.29) is 37.9 Å². The lowest BCUT2D eigenvalue weighted by atomic mass is 9.95. The Bertz CT molecular complexity index is 1380. The number of aliphatic carboxylic acids is 1. The average Bonchev–Trinajstić information content (AvgIpc) is 3.35. The van der Waals surface area contributed by atoms with E-state index in [1.807, 2.05) is 18.2 Å². The number of hydrogen-bond acceptors (Lipinski definition) is 7. The van der Waals surface area contributed by atoms with E-state index in [2.05, 4.69) is 15.0 Å². The Labute approximate surface area is 222 Å². The highest BCUT2D eigenvalue weighted by atomic mass is 32.1. The van der Waals surface area contributed by atoms with Gasteiger partial charge in [0.05, 0.1) is 16.6 Å². The van der Waals surface area contributed by atoms with Gasteiger partial charge in [0.15, 0.2) is 28.2 Å². The van der Waals surface area contributed by atoms with Gasteiger partial charge in [0.2, 0.25) is 17.5 Å². The lowest BCUT2D eigenvalue weighted by Gasteiger charge is -2.31. The van der Waals surface area contributed by atoms with E-state index in [1.54, 1.807) is 11.0 Å². The molecule has 2 N–H and O–H groups in total. The Morgan fingerprint density at radius 3 is 2.33 bits per heavy atom. The minimum absolute atomic E-state index is 0.0370. The number of carbonyl (C=O) groups is 4. The molecule has 0 spiro atoms. The Balaban J connectivity index is 1.35. The third-order valence-corrected chi connectivity index (χ3v) is 7.17. The SMILES string of the molecule is O=C(O)C[C@H](NC(=O)C1CCN(C(=O)c2nc3ccccc3s2)CC1)C(=O)COc1c(F)c(F)cc(F)c1F. The molecule has 1 aromatic heterocycles. The van der Waals surface area contributed by atoms with E-state index >= 15 is 0 Å². The fourth-order valence-electron chi connectivity index (χ4n) is 4.08. The zero-order chi connectivity index (χ0) is 28.3. The number of ether oxygens (including phenoxy) is 1. The second kappa shape index (κ2) is 11.8. The summed E-state index contributed by atoms with van der Waals surface area (Å²) in [4.78, 5) is 55.3. The van der Waals surface area contributed by atoms with Crippen LogP contribution in [-0.2, 0) is 14.4 Å². The second-order valence-electron chi connectivity index (χ2n) is 8.76. The number of Topliss-reactive ketones (excluding diaryl/α,β-unsaturated/α-hetero) is 1. The van der Waals surface area contributed by atoms with Crippen molar-refractivity contribution >= 4 is 45.1 Å². The highest BCUT2D eigenvalue weighted by molar-refractivity contribution is 7.20. The zero-order valence-electron chi connectivity index (χ0n) is 20.1. The van der Waals surface area contributed by atoms with Gasteiger partial charge in [-0.2, -0.15) is 8.78 Å². The molecule has 3 aromatic rings. The molecule has 2 aromatic carbocycles. The van der Waals surface area contributed by atoms with Gasteiger partial charge in [-0.15, -0.1) is 11.3 Å². The van der Waals surface area contributed by atoms with Gasteiger partial charge in [-0.1, -0.05) is 12.1 Å². The normalized spacial score (nSPS) is 14.7. The molecule has 1 aliphatic heterocycles. The fraction of sp³-hybridized carbons (Fsp3) is 0.320. The van der Waals surface area contributed by atoms with Gasteiger partial charge in [0.1, 0.15) is 12.6 Å². The number of benzene rings is 2. The molecule has 0 unspecified atom stereocenters. The number of carboxylic acids is 1. The number of carbonyl (C=O) groups excluding carboxylic acids is 3. The van der Waals surface area contributed by atoms with Crippen molar-refractivity contribution < 1.29 is 46.6 Å². The molecule has 206 valence electrons. The summed E-state index contributed by atoms with van der Waals surface area (Å²) < 4.78 is 59.8. The molecule has 1 atom stereocenters. The van der Waals surface area contributed by atoms with Gasteiger partial charge < -0.3 is 20.1 Å². The number of amides is 2. The van der Waals surface area contributed by atoms with Gasteiger partial charge in [0.25, 0.3) is 5.91 Å². The van der Waals surface area contributed by atoms with E-state index in [0.717, 1.165) is 4.70 Å². The minimum atomic E-state index is -1.87. The molecule has 39 heavy (non-hydrogen) atoms. The van der Waals surface area contributed by atoms with Crippen LogP contribution in [0, 0.1) is 29.2 Å². The van der Waals surface area contributed by atoms with Gasteiger partial charge in [0, 0.05) is 25.1 Å². The highest BCUT2D eigenvalue weighted by Gasteiger charge is 2.32. The molecule has 2 amide bonds. The number of carboxylic acid groups (broad SMARTS) is 1. The number of ketones is 1. The topological polar surface area (TPSA) is 126 Å². The van der Waals surface area contributed by atoms with Crippen LogP contribution in [0.2, 0.25) is 0 Å². The first kappa shape index (κ1) is 28.0. The van der Waals surface area contributed by atoms with Crippen molar-refractivity contribution in [3.63, 3.8) is 0 Å². The molecule has 0 bridgehead atoms. The first-order valence-electron chi connectivity index (χ1n) is 11.7. The molecule has 14 heteroatoms. The summed E-state index contributed by atoms with van der Waals surface area (Å²) in [6, 6.07) is 5.62. The van der Waals surface area contributed by atoms with Crippen LogP contribution in [-0.4, -0.2) is 64.3 Å². The summed E-state index contributed by atoms with van der Waals surface area (Å²) in [5.41, 5.74) is 0.700. The molecule has 9 nitrogen and oxygen atoms in total. The summed E-state index contributed by atoms with van der Waals surface area (Å²) in [5.74, 6) is -12.8. The second-order valence-corrected chi connectivity index (χ2v) is 9.80. The number of halogens is 4. The van der Waals surface area contributed by atoms with E-state index in [9.17, 15) is 36.7 Å². The number of hydrogen-bond donors (Lipinski definition) is 2. The molecule has 0 aliphatic carbocycles. The van der Waals surface area contributed by atoms with E-state index in [0.29, 0.717) is 10.5 Å². The number of nitrogens with one attached hydrogen (secondary N) is 1. The highest BCUT2D eigenvalue weighted by Crippen LogP contribution is 2.27. The monoisotopic (exact) mass is 567 g/mol. The van der Waals surface area contributed by atoms with Crippen LogP contribution in [0.15, 0.2) is 30.3 Å². The predicted molar refractivity (Wildman–Crippen MR) is 129 cm³/mol. The van der Waals surface area contributed by atoms with Crippen molar-refractivity contribution in [3.05, 3.63) is 58.6 Å². The smallest absolute Gasteiger partial charge is 0.305 e. The van der Waals surface area contributed by atoms with Crippen molar-refractivity contribution in [2.75, 3.05) is 19.7 Å². The molecule has 2 heterocycles. The van der Waals surface area contributed by atoms with Crippen LogP contribution in [0.4, 0.5) is 17.6 Å². The largest absolute Gasteiger partial charge is 0.481 e. The summed E-state index contributed by atoms with van der Waals surface area (Å²) in [6.45, 7) is -0.724. The molecule has 0 saturated carbocycles. The van der Waals surface area contributed by atoms with Crippen molar-refractivity contribution in [1.82, 2.24) is 15.2 Å². The number of rotatable bonds is 9. The van der Waals surface area contributed by atoms with Crippen LogP contribution in [0.3, 0.4) is 0 Å². The van der Waals surface area contributed by atoms with Crippen molar-refractivity contribution in [2.45, 2.75) is 25.3 Å². The summed E-state index contributed by atoms with van der Waals surface area (Å²) in [5, 5.41) is 11.8. The molecule has 1 fully saturated rings. The first-order valence-corrected chi connectivity index (χ1v) is 12.5. The van der Waals surface area contributed by atoms with Crippen molar-refractivity contribution in [3.8, 4) is 5.75 Å². The lowest BCUT2D eigenvalue weighted by molar-refractivity contribution is -0.141. The van der Waals surface area contributed by atoms with Crippen molar-refractivity contribution in [2.24, 2.45) is 5.92 Å². The number of aromatic nitrogens is 1. The molecule has 4 rings (SSSR count). The quantitative estimate of drug-likeness (QED) is 0.300. The zero-order valence-corrected chi connectivity index (χ0v) is 20.9. The Morgan fingerprint density at radius 2 is 1.72 bits per heavy atom. The Kier molecular flexibility index (Phi) is 8.43. The predicted octanol–water partition coefficient (Wildman–Crippen LogP) is 3.31. The molecule has 1 saturated heterocycles. The summed E-state index contributed by atoms with van der Waals surface area (Å²) in [6.07, 6.45) is -0.413. The summed E-state index contributed by atoms with van der Waals surface area (Å²) >= 11 is 1.25. The molecule has 1 aliphatic rings. The van der Waals surface area contributed by atoms with Gasteiger partial charge >= 0.3 is 5.97 Å². The maximum atomic E-state index is 13.8. The van der Waals surface area contributed by atoms with Gasteiger partial charge in [-0.25, -0.2) is 13.8 Å². The fourth-order valence-corrected chi connectivity index (χ4v) is 5.01. The Morgan fingerprint density at radius 1 is 1.08 bits per heavy atom. The maximum absolute atomic E-state index is 13.8. The molecular formula is C25H21F4N3O6S. The minimum Gasteiger partial charge on any atom is -0.481 e. The van der Waals surface area contributed by atoms with Crippen molar-refractivity contribution in [1.29, 1.82) is 0 Å². The van der Waals surface area contributed by atoms with Gasteiger partial charge in [-0.3, -0.25) is 19.2 Å². The third-order valence-electron chi connectivity index (χ3n) is 6.14. The third kappa shape index (κ3) is 6.33. The van der Waals surface area contributed by atoms with Crippen LogP contribution < -0.4 is 10.1 Å². The maximum Gasteiger partial charge on any atom is 0.305 e. The first-order chi connectivity index (χ1) is 18.5. The van der Waals surface area contributed by atoms with Crippen LogP contribution in [0.5, 0.6) is 5.75 Å². The standard InChI is InChI=1S/C25H21F4N3O6S/c26-13-9-14(27)21(29)22(20(13)28)38-11-17(33)16(10-19(34)35)30-23(36)12-5-7-32(8-6-12)25(37)24-31-15-3-1-2-4-18(15)39-24/h1-4,9,12,16H,5-8,10-11H2,(H,30,36)(H,34,35)/t16-/m0/s1. The number of likely N-dealkylation sites (tertiary alicyclic amines) is 1. The summed E-state index contributed by atoms with van der Waals surface area (Å²) in [7, 11) is 0. The number of nitrogens with zero attached hydrogens (tertiary/aromatic N) is 2. The number of fused-ring (bicyclic) bond motifs is 1. The van der Waals surface area contributed by atoms with E-state index in [4.69, 9.17) is 5.11 Å². The number of para-hydroxylation sites is 1. The average molecular weight is 568 g/mol. The van der Waals surface area contributed by atoms with E-state index in [1.165, 1.54) is 11.3 Å². The van der Waals surface area contributed by atoms with E-state index < -0.39 is 71.7 Å². The van der Waals surface area contributed by atoms with Crippen LogP contribution in [0.1, 0.15) is 29.1 Å². The van der Waals surface area contributed by atoms with Crippen LogP contribution >= 0.6 is 11.3 Å². The molecule has 0 radical (unpaired) electrons. The Hall–Kier alpha value is -4.07. The number of thiazole rings is 1. The van der Waals surface area contributed by atoms with Gasteiger partial charge in [-0.05, 0) is 25.0 Å². The van der Waals surface area contributed by atoms with Crippen LogP contribution in [0.25, 0.3) is 10.2 Å². The lowest BCUT2D eigenvalue weighted by Crippen LogP contribution is -2.49.